The van der Waals surface area contributed by atoms with Crippen LogP contribution in [0.25, 0.3) is 0 Å². The molecule has 0 aliphatic heterocycles. The number of rotatable bonds is 3. The van der Waals surface area contributed by atoms with Crippen LogP contribution in [0.5, 0.6) is 0 Å². The molecule has 1 aromatic rings. The van der Waals surface area contributed by atoms with Crippen LogP contribution in [0.2, 0.25) is 0 Å². The summed E-state index contributed by atoms with van der Waals surface area (Å²) in [6.45, 7) is 1.90. The van der Waals surface area contributed by atoms with Crippen molar-refractivity contribution in [2.45, 2.75) is 13.5 Å². The van der Waals surface area contributed by atoms with Crippen LogP contribution < -0.4 is 5.56 Å². The highest BCUT2D eigenvalue weighted by Crippen LogP contribution is 1.95. The highest BCUT2D eigenvalue weighted by atomic mass is 16.4. The third-order valence-electron chi connectivity index (χ3n) is 1.58. The van der Waals surface area contributed by atoms with Crippen molar-refractivity contribution < 1.29 is 9.90 Å². The van der Waals surface area contributed by atoms with Gasteiger partial charge in [0.2, 0.25) is 0 Å². The van der Waals surface area contributed by atoms with Gasteiger partial charge in [0.25, 0.3) is 5.56 Å². The number of nitrogens with zero attached hydrogens (tertiary/aromatic N) is 2. The zero-order valence-electron chi connectivity index (χ0n) is 7.67. The fourth-order valence-corrected chi connectivity index (χ4v) is 1.02. The first-order valence-electron chi connectivity index (χ1n) is 4.00. The molecule has 0 aliphatic carbocycles. The van der Waals surface area contributed by atoms with Crippen molar-refractivity contribution in [3.05, 3.63) is 40.6 Å². The largest absolute Gasteiger partial charge is 0.478 e. The Kier molecular flexibility index (Phi) is 3.17. The van der Waals surface area contributed by atoms with Crippen molar-refractivity contribution >= 4 is 5.97 Å². The van der Waals surface area contributed by atoms with Gasteiger partial charge in [-0.25, -0.2) is 9.78 Å². The predicted octanol–water partition coefficient (Wildman–Crippen LogP) is 0.274. The molecule has 0 saturated heterocycles. The van der Waals surface area contributed by atoms with Gasteiger partial charge in [-0.1, -0.05) is 0 Å². The van der Waals surface area contributed by atoms with E-state index in [-0.39, 0.29) is 12.1 Å². The fraction of sp³-hybridized carbons (Fsp3) is 0.222. The number of carboxylic acid groups (broad SMARTS) is 1. The Morgan fingerprint density at radius 1 is 1.71 bits per heavy atom. The molecule has 0 bridgehead atoms. The average molecular weight is 194 g/mol. The summed E-state index contributed by atoms with van der Waals surface area (Å²) in [5.74, 6) is -1.01. The van der Waals surface area contributed by atoms with E-state index in [2.05, 4.69) is 4.98 Å². The van der Waals surface area contributed by atoms with Gasteiger partial charge >= 0.3 is 5.97 Å². The summed E-state index contributed by atoms with van der Waals surface area (Å²) in [5.41, 5.74) is 0.394. The first-order chi connectivity index (χ1) is 6.59. The lowest BCUT2D eigenvalue weighted by molar-refractivity contribution is -0.131. The highest BCUT2D eigenvalue weighted by Gasteiger charge is 1.97. The second-order valence-electron chi connectivity index (χ2n) is 2.88. The third kappa shape index (κ3) is 2.85. The predicted molar refractivity (Wildman–Crippen MR) is 49.9 cm³/mol. The Balaban J connectivity index is 2.85. The topological polar surface area (TPSA) is 72.2 Å². The van der Waals surface area contributed by atoms with Gasteiger partial charge in [-0.05, 0) is 12.5 Å². The van der Waals surface area contributed by atoms with Crippen LogP contribution in [0, 0.1) is 0 Å². The number of hydrogen-bond donors (Lipinski definition) is 1. The van der Waals surface area contributed by atoms with Crippen LogP contribution in [-0.4, -0.2) is 20.6 Å². The number of aromatic nitrogens is 2. The van der Waals surface area contributed by atoms with Crippen LogP contribution in [0.3, 0.4) is 0 Å². The molecule has 0 saturated carbocycles. The Hall–Kier alpha value is -1.91. The maximum atomic E-state index is 11.2. The van der Waals surface area contributed by atoms with Crippen LogP contribution in [0.4, 0.5) is 0 Å². The van der Waals surface area contributed by atoms with Crippen LogP contribution in [0.1, 0.15) is 6.92 Å². The molecule has 74 valence electrons. The molecule has 0 radical (unpaired) electrons. The quantitative estimate of drug-likeness (QED) is 0.701. The lowest BCUT2D eigenvalue weighted by Gasteiger charge is -2.02. The lowest BCUT2D eigenvalue weighted by Crippen LogP contribution is -2.19. The summed E-state index contributed by atoms with van der Waals surface area (Å²) < 4.78 is 1.34. The Labute approximate surface area is 80.3 Å². The Bertz CT molecular complexity index is 420. The Morgan fingerprint density at radius 2 is 2.43 bits per heavy atom. The van der Waals surface area contributed by atoms with Crippen molar-refractivity contribution in [1.29, 1.82) is 0 Å². The van der Waals surface area contributed by atoms with Crippen molar-refractivity contribution in [1.82, 2.24) is 9.55 Å². The molecule has 1 rings (SSSR count). The van der Waals surface area contributed by atoms with E-state index < -0.39 is 5.97 Å². The molecule has 0 atom stereocenters. The number of aliphatic carboxylic acids is 1. The van der Waals surface area contributed by atoms with Crippen molar-refractivity contribution in [2.24, 2.45) is 0 Å². The van der Waals surface area contributed by atoms with E-state index in [1.807, 2.05) is 0 Å². The number of allylic oxidation sites excluding steroid dienone is 1. The Morgan fingerprint density at radius 3 is 3.00 bits per heavy atom. The van der Waals surface area contributed by atoms with Gasteiger partial charge in [-0.3, -0.25) is 9.36 Å². The highest BCUT2D eigenvalue weighted by molar-refractivity contribution is 5.80. The molecule has 5 heteroatoms. The first-order valence-corrected chi connectivity index (χ1v) is 4.00. The van der Waals surface area contributed by atoms with E-state index in [4.69, 9.17) is 5.11 Å². The maximum absolute atomic E-state index is 11.2. The van der Waals surface area contributed by atoms with Crippen LogP contribution >= 0.6 is 0 Å². The van der Waals surface area contributed by atoms with Gasteiger partial charge in [-0.15, -0.1) is 0 Å². The van der Waals surface area contributed by atoms with Crippen molar-refractivity contribution in [3.8, 4) is 0 Å². The second-order valence-corrected chi connectivity index (χ2v) is 2.88. The molecule has 1 heterocycles. The monoisotopic (exact) mass is 194 g/mol. The molecule has 0 unspecified atom stereocenters. The summed E-state index contributed by atoms with van der Waals surface area (Å²) in [5, 5.41) is 8.45. The van der Waals surface area contributed by atoms with Gasteiger partial charge in [0.1, 0.15) is 0 Å². The molecule has 14 heavy (non-hydrogen) atoms. The van der Waals surface area contributed by atoms with Crippen molar-refractivity contribution in [2.75, 3.05) is 0 Å². The summed E-state index contributed by atoms with van der Waals surface area (Å²) in [6.07, 6.45) is 3.84. The SMILES string of the molecule is CC(=CC(=O)O)Cn1cnccc1=O. The van der Waals surface area contributed by atoms with Gasteiger partial charge in [-0.2, -0.15) is 0 Å². The molecular weight excluding hydrogens is 184 g/mol. The maximum Gasteiger partial charge on any atom is 0.328 e. The summed E-state index contributed by atoms with van der Waals surface area (Å²) in [7, 11) is 0. The smallest absolute Gasteiger partial charge is 0.328 e. The normalized spacial score (nSPS) is 11.4. The zero-order chi connectivity index (χ0) is 10.6. The fourth-order valence-electron chi connectivity index (χ4n) is 1.02. The van der Waals surface area contributed by atoms with E-state index in [1.165, 1.54) is 23.2 Å². The van der Waals surface area contributed by atoms with Crippen molar-refractivity contribution in [3.63, 3.8) is 0 Å². The summed E-state index contributed by atoms with van der Waals surface area (Å²) in [6, 6.07) is 1.33. The molecule has 5 nitrogen and oxygen atoms in total. The minimum atomic E-state index is -1.01. The summed E-state index contributed by atoms with van der Waals surface area (Å²) >= 11 is 0. The molecule has 0 fully saturated rings. The van der Waals surface area contributed by atoms with E-state index in [0.717, 1.165) is 6.08 Å². The number of carbonyl (C=O) groups is 1. The van der Waals surface area contributed by atoms with Gasteiger partial charge < -0.3 is 5.11 Å². The molecule has 0 spiro atoms. The minimum absolute atomic E-state index is 0.196. The van der Waals surface area contributed by atoms with Gasteiger partial charge in [0.15, 0.2) is 0 Å². The second kappa shape index (κ2) is 4.36. The van der Waals surface area contributed by atoms with E-state index in [0.29, 0.717) is 5.57 Å². The number of hydrogen-bond acceptors (Lipinski definition) is 3. The van der Waals surface area contributed by atoms with Gasteiger partial charge in [0.05, 0.1) is 6.33 Å². The molecular formula is C9H10N2O3. The lowest BCUT2D eigenvalue weighted by atomic mass is 10.3. The van der Waals surface area contributed by atoms with E-state index in [1.54, 1.807) is 6.92 Å². The summed E-state index contributed by atoms with van der Waals surface area (Å²) in [4.78, 5) is 25.3. The molecule has 0 aliphatic rings. The molecule has 0 amide bonds. The average Bonchev–Trinajstić information content (AvgIpc) is 2.07. The van der Waals surface area contributed by atoms with E-state index >= 15 is 0 Å². The van der Waals surface area contributed by atoms with E-state index in [9.17, 15) is 9.59 Å². The zero-order valence-corrected chi connectivity index (χ0v) is 7.67. The molecule has 1 aromatic heterocycles. The van der Waals surface area contributed by atoms with Crippen LogP contribution in [-0.2, 0) is 11.3 Å². The number of carboxylic acids is 1. The van der Waals surface area contributed by atoms with Gasteiger partial charge in [0, 0.05) is 24.9 Å². The molecule has 1 N–H and O–H groups in total. The standard InChI is InChI=1S/C9H10N2O3/c1-7(4-9(13)14)5-11-6-10-3-2-8(11)12/h2-4,6H,5H2,1H3,(H,13,14). The van der Waals surface area contributed by atoms with Crippen LogP contribution in [0.15, 0.2) is 35.0 Å². The first kappa shape index (κ1) is 10.2. The minimum Gasteiger partial charge on any atom is -0.478 e. The third-order valence-corrected chi connectivity index (χ3v) is 1.58. The molecule has 0 aromatic carbocycles.